The van der Waals surface area contributed by atoms with E-state index in [0.29, 0.717) is 41.2 Å². The van der Waals surface area contributed by atoms with Gasteiger partial charge in [0.05, 0.1) is 34.9 Å². The first-order valence-electron chi connectivity index (χ1n) is 10.8. The van der Waals surface area contributed by atoms with Gasteiger partial charge in [0.15, 0.2) is 0 Å². The fourth-order valence-electron chi connectivity index (χ4n) is 4.52. The maximum atomic E-state index is 13.7. The van der Waals surface area contributed by atoms with Gasteiger partial charge in [-0.3, -0.25) is 14.3 Å². The number of fused-ring (bicyclic) bond motifs is 1. The second kappa shape index (κ2) is 8.61. The van der Waals surface area contributed by atoms with Gasteiger partial charge in [0.2, 0.25) is 10.0 Å². The number of aryl methyl sites for hydroxylation is 1. The zero-order chi connectivity index (χ0) is 24.1. The number of benzene rings is 1. The lowest BCUT2D eigenvalue weighted by Gasteiger charge is -2.35. The summed E-state index contributed by atoms with van der Waals surface area (Å²) < 4.78 is 27.8. The van der Waals surface area contributed by atoms with Gasteiger partial charge in [-0.15, -0.1) is 0 Å². The number of anilines is 1. The number of carbonyl (C=O) groups is 2. The molecule has 1 fully saturated rings. The van der Waals surface area contributed by atoms with Crippen LogP contribution in [0.3, 0.4) is 0 Å². The SMILES string of the molecule is CC1=C(C)C(=O)n2nc([C@@H]3CCCCN3C(=O)c3cc(Cl)cc(C)c3NS(C)(=O)=O)cc2C1. The van der Waals surface area contributed by atoms with Crippen LogP contribution in [0.5, 0.6) is 0 Å². The van der Waals surface area contributed by atoms with Crippen molar-refractivity contribution >= 4 is 39.1 Å². The molecule has 0 spiro atoms. The Hall–Kier alpha value is -2.65. The molecule has 1 atom stereocenters. The number of nitrogens with one attached hydrogen (secondary N) is 1. The molecule has 0 bridgehead atoms. The van der Waals surface area contributed by atoms with Crippen LogP contribution in [-0.4, -0.2) is 47.7 Å². The molecule has 1 amide bonds. The van der Waals surface area contributed by atoms with Crippen molar-refractivity contribution in [1.82, 2.24) is 14.7 Å². The van der Waals surface area contributed by atoms with Crippen LogP contribution in [0.25, 0.3) is 0 Å². The molecule has 0 saturated carbocycles. The van der Waals surface area contributed by atoms with E-state index in [1.54, 1.807) is 24.8 Å². The number of sulfonamides is 1. The Morgan fingerprint density at radius 2 is 1.91 bits per heavy atom. The van der Waals surface area contributed by atoms with Crippen molar-refractivity contribution in [2.24, 2.45) is 0 Å². The first-order valence-corrected chi connectivity index (χ1v) is 13.1. The van der Waals surface area contributed by atoms with Crippen LogP contribution in [0.1, 0.15) is 71.3 Å². The average molecular weight is 491 g/mol. The van der Waals surface area contributed by atoms with Gasteiger partial charge in [-0.1, -0.05) is 17.2 Å². The standard InChI is InChI=1S/C23H27ClN4O4S/c1-13-10-17-12-19(25-28(17)22(29)15(13)3)20-7-5-6-8-27(20)23(30)18-11-16(24)9-14(2)21(18)26-33(4,31)32/h9,11-12,20,26H,5-8,10H2,1-4H3/t20-/m0/s1. The van der Waals surface area contributed by atoms with Gasteiger partial charge in [0.25, 0.3) is 11.8 Å². The summed E-state index contributed by atoms with van der Waals surface area (Å²) >= 11 is 6.24. The van der Waals surface area contributed by atoms with Crippen LogP contribution >= 0.6 is 11.6 Å². The molecule has 4 rings (SSSR count). The number of hydrogen-bond acceptors (Lipinski definition) is 5. The number of amides is 1. The monoisotopic (exact) mass is 490 g/mol. The molecule has 1 aromatic carbocycles. The van der Waals surface area contributed by atoms with Crippen LogP contribution in [0.4, 0.5) is 5.69 Å². The Kier molecular flexibility index (Phi) is 6.13. The number of likely N-dealkylation sites (tertiary alicyclic amines) is 1. The van der Waals surface area contributed by atoms with Crippen molar-refractivity contribution in [3.05, 3.63) is 56.9 Å². The van der Waals surface area contributed by atoms with E-state index in [1.165, 1.54) is 10.7 Å². The summed E-state index contributed by atoms with van der Waals surface area (Å²) in [4.78, 5) is 28.1. The highest BCUT2D eigenvalue weighted by Gasteiger charge is 2.34. The number of nitrogens with zero attached hydrogens (tertiary/aromatic N) is 3. The Morgan fingerprint density at radius 3 is 2.61 bits per heavy atom. The quantitative estimate of drug-likeness (QED) is 0.694. The molecule has 2 aliphatic heterocycles. The third kappa shape index (κ3) is 4.56. The molecule has 10 heteroatoms. The minimum Gasteiger partial charge on any atom is -0.330 e. The Balaban J connectivity index is 1.73. The van der Waals surface area contributed by atoms with Crippen molar-refractivity contribution in [3.8, 4) is 0 Å². The summed E-state index contributed by atoms with van der Waals surface area (Å²) in [5, 5.41) is 4.94. The maximum Gasteiger partial charge on any atom is 0.274 e. The van der Waals surface area contributed by atoms with E-state index in [2.05, 4.69) is 9.82 Å². The van der Waals surface area contributed by atoms with Crippen LogP contribution in [-0.2, 0) is 16.4 Å². The molecule has 8 nitrogen and oxygen atoms in total. The number of halogens is 1. The van der Waals surface area contributed by atoms with E-state index in [-0.39, 0.29) is 29.1 Å². The number of hydrogen-bond donors (Lipinski definition) is 1. The third-order valence-corrected chi connectivity index (χ3v) is 7.12. The molecule has 2 aliphatic rings. The number of carbonyl (C=O) groups excluding carboxylic acids is 2. The predicted octanol–water partition coefficient (Wildman–Crippen LogP) is 4.12. The molecule has 1 aromatic heterocycles. The second-order valence-corrected chi connectivity index (χ2v) is 11.1. The lowest BCUT2D eigenvalue weighted by Crippen LogP contribution is -2.39. The molecule has 0 aliphatic carbocycles. The number of aromatic nitrogens is 2. The summed E-state index contributed by atoms with van der Waals surface area (Å²) in [5.41, 5.74) is 4.18. The van der Waals surface area contributed by atoms with Crippen LogP contribution in [0, 0.1) is 6.92 Å². The first-order chi connectivity index (χ1) is 15.5. The van der Waals surface area contributed by atoms with E-state index < -0.39 is 10.0 Å². The number of piperidine rings is 1. The van der Waals surface area contributed by atoms with E-state index >= 15 is 0 Å². The Morgan fingerprint density at radius 1 is 1.18 bits per heavy atom. The molecule has 1 saturated heterocycles. The zero-order valence-electron chi connectivity index (χ0n) is 19.1. The lowest BCUT2D eigenvalue weighted by molar-refractivity contribution is 0.0606. The van der Waals surface area contributed by atoms with Gasteiger partial charge in [-0.2, -0.15) is 5.10 Å². The fraction of sp³-hybridized carbons (Fsp3) is 0.435. The molecule has 2 aromatic rings. The van der Waals surface area contributed by atoms with E-state index in [4.69, 9.17) is 11.6 Å². The van der Waals surface area contributed by atoms with Gasteiger partial charge in [0, 0.05) is 23.6 Å². The Labute approximate surface area is 198 Å². The number of allylic oxidation sites excluding steroid dienone is 2. The van der Waals surface area contributed by atoms with Gasteiger partial charge in [0.1, 0.15) is 0 Å². The van der Waals surface area contributed by atoms with Crippen LogP contribution in [0.15, 0.2) is 29.3 Å². The average Bonchev–Trinajstić information content (AvgIpc) is 3.16. The first kappa shape index (κ1) is 23.5. The third-order valence-electron chi connectivity index (χ3n) is 6.32. The fourth-order valence-corrected chi connectivity index (χ4v) is 5.43. The summed E-state index contributed by atoms with van der Waals surface area (Å²) in [6.45, 7) is 5.95. The largest absolute Gasteiger partial charge is 0.330 e. The lowest BCUT2D eigenvalue weighted by atomic mass is 9.96. The summed E-state index contributed by atoms with van der Waals surface area (Å²) in [7, 11) is -3.61. The van der Waals surface area contributed by atoms with Crippen molar-refractivity contribution in [2.45, 2.75) is 52.5 Å². The molecule has 1 N–H and O–H groups in total. The molecule has 0 unspecified atom stereocenters. The van der Waals surface area contributed by atoms with Crippen molar-refractivity contribution in [3.63, 3.8) is 0 Å². The highest BCUT2D eigenvalue weighted by Crippen LogP contribution is 2.36. The molecule has 33 heavy (non-hydrogen) atoms. The molecule has 0 radical (unpaired) electrons. The maximum absolute atomic E-state index is 13.7. The molecular weight excluding hydrogens is 464 g/mol. The van der Waals surface area contributed by atoms with E-state index in [9.17, 15) is 18.0 Å². The van der Waals surface area contributed by atoms with Crippen LogP contribution in [0.2, 0.25) is 5.02 Å². The molecular formula is C23H27ClN4O4S. The highest BCUT2D eigenvalue weighted by atomic mass is 35.5. The van der Waals surface area contributed by atoms with E-state index in [1.807, 2.05) is 13.0 Å². The Bertz CT molecular complexity index is 1300. The molecule has 3 heterocycles. The highest BCUT2D eigenvalue weighted by molar-refractivity contribution is 7.92. The minimum absolute atomic E-state index is 0.140. The van der Waals surface area contributed by atoms with Crippen molar-refractivity contribution in [2.75, 3.05) is 17.5 Å². The van der Waals surface area contributed by atoms with Gasteiger partial charge in [-0.05, 0) is 63.8 Å². The van der Waals surface area contributed by atoms with Gasteiger partial charge >= 0.3 is 0 Å². The summed E-state index contributed by atoms with van der Waals surface area (Å²) in [6.07, 6.45) is 4.13. The topological polar surface area (TPSA) is 101 Å². The molecule has 176 valence electrons. The predicted molar refractivity (Wildman–Crippen MR) is 127 cm³/mol. The van der Waals surface area contributed by atoms with Crippen LogP contribution < -0.4 is 4.72 Å². The van der Waals surface area contributed by atoms with Gasteiger partial charge < -0.3 is 4.90 Å². The minimum atomic E-state index is -3.61. The normalized spacial score (nSPS) is 19.0. The van der Waals surface area contributed by atoms with Gasteiger partial charge in [-0.25, -0.2) is 13.1 Å². The summed E-state index contributed by atoms with van der Waals surface area (Å²) in [6, 6.07) is 4.70. The number of rotatable bonds is 4. The summed E-state index contributed by atoms with van der Waals surface area (Å²) in [5.74, 6) is -0.460. The van der Waals surface area contributed by atoms with Crippen molar-refractivity contribution < 1.29 is 18.0 Å². The van der Waals surface area contributed by atoms with E-state index in [0.717, 1.165) is 30.4 Å². The smallest absolute Gasteiger partial charge is 0.274 e. The van der Waals surface area contributed by atoms with Crippen molar-refractivity contribution in [1.29, 1.82) is 0 Å². The zero-order valence-corrected chi connectivity index (χ0v) is 20.7. The second-order valence-electron chi connectivity index (χ2n) is 8.89.